The average molecular weight is 281 g/mol. The maximum Gasteiger partial charge on any atom is 0.0768 e. The fourth-order valence-electron chi connectivity index (χ4n) is 3.58. The lowest BCUT2D eigenvalue weighted by Gasteiger charge is -2.38. The lowest BCUT2D eigenvalue weighted by Crippen LogP contribution is -2.40. The molecule has 0 aliphatic heterocycles. The number of fused-ring (bicyclic) bond motifs is 1. The quantitative estimate of drug-likeness (QED) is 0.922. The van der Waals surface area contributed by atoms with Crippen molar-refractivity contribution in [3.8, 4) is 0 Å². The van der Waals surface area contributed by atoms with Crippen molar-refractivity contribution in [2.75, 3.05) is 0 Å². The highest BCUT2D eigenvalue weighted by atomic mass is 16.3. The zero-order chi connectivity index (χ0) is 14.7. The minimum Gasteiger partial charge on any atom is -0.389 e. The van der Waals surface area contributed by atoms with Crippen LogP contribution in [0.3, 0.4) is 0 Å². The molecule has 1 N–H and O–H groups in total. The van der Waals surface area contributed by atoms with Crippen molar-refractivity contribution in [3.05, 3.63) is 65.5 Å². The Hall–Kier alpha value is -1.67. The molecule has 1 aromatic heterocycles. The summed E-state index contributed by atoms with van der Waals surface area (Å²) < 4.78 is 0. The van der Waals surface area contributed by atoms with Crippen LogP contribution in [0, 0.1) is 0 Å². The highest BCUT2D eigenvalue weighted by Crippen LogP contribution is 2.41. The van der Waals surface area contributed by atoms with Gasteiger partial charge in [0.2, 0.25) is 0 Å². The first-order valence-corrected chi connectivity index (χ1v) is 7.93. The van der Waals surface area contributed by atoms with Gasteiger partial charge in [-0.2, -0.15) is 0 Å². The number of pyridine rings is 1. The van der Waals surface area contributed by atoms with Gasteiger partial charge in [-0.15, -0.1) is 0 Å². The van der Waals surface area contributed by atoms with Gasteiger partial charge in [0, 0.05) is 24.2 Å². The van der Waals surface area contributed by atoms with Crippen molar-refractivity contribution >= 4 is 0 Å². The Kier molecular flexibility index (Phi) is 4.07. The lowest BCUT2D eigenvalue weighted by atomic mass is 9.72. The number of aromatic nitrogens is 1. The number of aryl methyl sites for hydroxylation is 1. The number of aliphatic hydroxyl groups is 1. The Morgan fingerprint density at radius 2 is 2.00 bits per heavy atom. The van der Waals surface area contributed by atoms with Crippen LogP contribution in [-0.4, -0.2) is 15.7 Å². The molecule has 1 heterocycles. The fourth-order valence-corrected chi connectivity index (χ4v) is 3.58. The fraction of sp³-hybridized carbons (Fsp3) is 0.421. The maximum atomic E-state index is 11.3. The minimum absolute atomic E-state index is 0.146. The van der Waals surface area contributed by atoms with Gasteiger partial charge in [-0.3, -0.25) is 4.98 Å². The van der Waals surface area contributed by atoms with Gasteiger partial charge in [0.05, 0.1) is 5.60 Å². The molecule has 2 atom stereocenters. The summed E-state index contributed by atoms with van der Waals surface area (Å²) in [6, 6.07) is 14.5. The van der Waals surface area contributed by atoms with Crippen LogP contribution in [0.5, 0.6) is 0 Å². The van der Waals surface area contributed by atoms with Gasteiger partial charge in [-0.1, -0.05) is 43.3 Å². The van der Waals surface area contributed by atoms with Gasteiger partial charge in [0.25, 0.3) is 0 Å². The summed E-state index contributed by atoms with van der Waals surface area (Å²) in [7, 11) is 0. The summed E-state index contributed by atoms with van der Waals surface area (Å²) in [5.41, 5.74) is 2.92. The van der Waals surface area contributed by atoms with Gasteiger partial charge in [-0.05, 0) is 42.9 Å². The summed E-state index contributed by atoms with van der Waals surface area (Å²) in [6.45, 7) is 2.08. The molecule has 1 aromatic carbocycles. The normalized spacial score (nSPS) is 20.6. The SMILES string of the molecule is CCC(O)(Cc1ccccc1)C1CCCc2cccnc21. The van der Waals surface area contributed by atoms with E-state index in [9.17, 15) is 5.11 Å². The van der Waals surface area contributed by atoms with Crippen LogP contribution in [0.4, 0.5) is 0 Å². The van der Waals surface area contributed by atoms with Crippen LogP contribution in [0.15, 0.2) is 48.7 Å². The molecule has 2 nitrogen and oxygen atoms in total. The van der Waals surface area contributed by atoms with Crippen LogP contribution in [0.25, 0.3) is 0 Å². The van der Waals surface area contributed by atoms with Gasteiger partial charge >= 0.3 is 0 Å². The van der Waals surface area contributed by atoms with E-state index in [0.717, 1.165) is 31.4 Å². The zero-order valence-corrected chi connectivity index (χ0v) is 12.6. The number of nitrogens with zero attached hydrogens (tertiary/aromatic N) is 1. The summed E-state index contributed by atoms with van der Waals surface area (Å²) in [6.07, 6.45) is 6.57. The molecule has 3 rings (SSSR count). The standard InChI is InChI=1S/C19H23NO/c1-2-19(21,14-15-8-4-3-5-9-15)17-12-6-10-16-11-7-13-20-18(16)17/h3-5,7-9,11,13,17,21H,2,6,10,12,14H2,1H3. The van der Waals surface area contributed by atoms with Crippen LogP contribution < -0.4 is 0 Å². The predicted octanol–water partition coefficient (Wildman–Crippen LogP) is 3.89. The molecular weight excluding hydrogens is 258 g/mol. The zero-order valence-electron chi connectivity index (χ0n) is 12.6. The van der Waals surface area contributed by atoms with E-state index in [2.05, 4.69) is 30.1 Å². The third-order valence-corrected chi connectivity index (χ3v) is 4.81. The van der Waals surface area contributed by atoms with E-state index in [4.69, 9.17) is 0 Å². The van der Waals surface area contributed by atoms with Crippen LogP contribution in [0.1, 0.15) is 48.9 Å². The Morgan fingerprint density at radius 3 is 2.76 bits per heavy atom. The first kappa shape index (κ1) is 14.3. The molecular formula is C19H23NO. The second kappa shape index (κ2) is 5.98. The Labute approximate surface area is 126 Å². The van der Waals surface area contributed by atoms with Crippen LogP contribution >= 0.6 is 0 Å². The number of hydrogen-bond acceptors (Lipinski definition) is 2. The maximum absolute atomic E-state index is 11.3. The van der Waals surface area contributed by atoms with E-state index in [1.165, 1.54) is 11.1 Å². The highest BCUT2D eigenvalue weighted by Gasteiger charge is 2.39. The van der Waals surface area contributed by atoms with Crippen molar-refractivity contribution in [2.45, 2.75) is 50.5 Å². The van der Waals surface area contributed by atoms with Gasteiger partial charge in [0.1, 0.15) is 0 Å². The van der Waals surface area contributed by atoms with Gasteiger partial charge in [0.15, 0.2) is 0 Å². The molecule has 1 aliphatic rings. The largest absolute Gasteiger partial charge is 0.389 e. The number of hydrogen-bond donors (Lipinski definition) is 1. The summed E-state index contributed by atoms with van der Waals surface area (Å²) in [4.78, 5) is 4.60. The first-order chi connectivity index (χ1) is 10.2. The van der Waals surface area contributed by atoms with Gasteiger partial charge < -0.3 is 5.11 Å². The molecule has 1 aliphatic carbocycles. The minimum atomic E-state index is -0.703. The summed E-state index contributed by atoms with van der Waals surface area (Å²) >= 11 is 0. The van der Waals surface area contributed by atoms with Crippen LogP contribution in [0.2, 0.25) is 0 Å². The summed E-state index contributed by atoms with van der Waals surface area (Å²) in [5, 5.41) is 11.3. The molecule has 2 aromatic rings. The van der Waals surface area contributed by atoms with Gasteiger partial charge in [-0.25, -0.2) is 0 Å². The van der Waals surface area contributed by atoms with E-state index in [0.29, 0.717) is 6.42 Å². The molecule has 0 spiro atoms. The van der Waals surface area contributed by atoms with Crippen molar-refractivity contribution in [3.63, 3.8) is 0 Å². The molecule has 0 saturated heterocycles. The van der Waals surface area contributed by atoms with Crippen molar-refractivity contribution in [1.82, 2.24) is 4.98 Å². The van der Waals surface area contributed by atoms with Crippen molar-refractivity contribution in [1.29, 1.82) is 0 Å². The van der Waals surface area contributed by atoms with E-state index in [-0.39, 0.29) is 5.92 Å². The molecule has 2 heteroatoms. The second-order valence-electron chi connectivity index (χ2n) is 6.11. The van der Waals surface area contributed by atoms with Crippen LogP contribution in [-0.2, 0) is 12.8 Å². The summed E-state index contributed by atoms with van der Waals surface area (Å²) in [5.74, 6) is 0.146. The van der Waals surface area contributed by atoms with Crippen molar-refractivity contribution in [2.24, 2.45) is 0 Å². The molecule has 0 amide bonds. The van der Waals surface area contributed by atoms with E-state index < -0.39 is 5.60 Å². The third-order valence-electron chi connectivity index (χ3n) is 4.81. The molecule has 2 unspecified atom stereocenters. The van der Waals surface area contributed by atoms with E-state index >= 15 is 0 Å². The Bertz CT molecular complexity index is 596. The first-order valence-electron chi connectivity index (χ1n) is 7.93. The lowest BCUT2D eigenvalue weighted by molar-refractivity contribution is 0.00124. The number of benzene rings is 1. The molecule has 0 saturated carbocycles. The van der Waals surface area contributed by atoms with Crippen molar-refractivity contribution < 1.29 is 5.11 Å². The van der Waals surface area contributed by atoms with E-state index in [1.807, 2.05) is 30.5 Å². The monoisotopic (exact) mass is 281 g/mol. The highest BCUT2D eigenvalue weighted by molar-refractivity contribution is 5.30. The predicted molar refractivity (Wildman–Crippen MR) is 85.3 cm³/mol. The third kappa shape index (κ3) is 2.86. The van der Waals surface area contributed by atoms with E-state index in [1.54, 1.807) is 0 Å². The molecule has 110 valence electrons. The Morgan fingerprint density at radius 1 is 1.19 bits per heavy atom. The Balaban J connectivity index is 1.93. The molecule has 0 fully saturated rings. The topological polar surface area (TPSA) is 33.1 Å². The number of rotatable bonds is 4. The second-order valence-corrected chi connectivity index (χ2v) is 6.11. The average Bonchev–Trinajstić information content (AvgIpc) is 2.55. The molecule has 21 heavy (non-hydrogen) atoms. The molecule has 0 bridgehead atoms. The molecule has 0 radical (unpaired) electrons. The smallest absolute Gasteiger partial charge is 0.0768 e.